The summed E-state index contributed by atoms with van der Waals surface area (Å²) in [5, 5.41) is 17.7. The van der Waals surface area contributed by atoms with E-state index in [9.17, 15) is 5.11 Å². The minimum Gasteiger partial charge on any atom is -0.382 e. The molecular formula is C12H15N3O. The van der Waals surface area contributed by atoms with E-state index in [2.05, 4.69) is 17.2 Å². The molecule has 0 saturated carbocycles. The number of hydrogen-bond acceptors (Lipinski definition) is 3. The second-order valence-electron chi connectivity index (χ2n) is 4.03. The van der Waals surface area contributed by atoms with E-state index in [1.807, 2.05) is 25.1 Å². The zero-order valence-corrected chi connectivity index (χ0v) is 9.68. The van der Waals surface area contributed by atoms with Crippen LogP contribution < -0.4 is 0 Å². The lowest BCUT2D eigenvalue weighted by molar-refractivity contribution is 0.209. The molecule has 1 aromatic carbocycles. The molecule has 0 radical (unpaired) electrons. The highest BCUT2D eigenvalue weighted by molar-refractivity contribution is 5.33. The SMILES string of the molecule is Cc1ccc(C(O)c2cnnn2C)cc1C. The van der Waals surface area contributed by atoms with Crippen molar-refractivity contribution in [2.45, 2.75) is 20.0 Å². The molecule has 4 heteroatoms. The van der Waals surface area contributed by atoms with Crippen LogP contribution in [0.2, 0.25) is 0 Å². The van der Waals surface area contributed by atoms with Crippen molar-refractivity contribution in [1.82, 2.24) is 15.0 Å². The van der Waals surface area contributed by atoms with Gasteiger partial charge in [-0.15, -0.1) is 5.10 Å². The van der Waals surface area contributed by atoms with Gasteiger partial charge >= 0.3 is 0 Å². The van der Waals surface area contributed by atoms with Crippen LogP contribution in [0.25, 0.3) is 0 Å². The molecule has 0 amide bonds. The van der Waals surface area contributed by atoms with Gasteiger partial charge in [-0.05, 0) is 30.5 Å². The summed E-state index contributed by atoms with van der Waals surface area (Å²) in [6, 6.07) is 5.94. The fourth-order valence-electron chi connectivity index (χ4n) is 1.65. The van der Waals surface area contributed by atoms with Crippen molar-refractivity contribution in [2.24, 2.45) is 7.05 Å². The minimum atomic E-state index is -0.667. The molecule has 2 rings (SSSR count). The second-order valence-corrected chi connectivity index (χ2v) is 4.03. The summed E-state index contributed by atoms with van der Waals surface area (Å²) >= 11 is 0. The van der Waals surface area contributed by atoms with Crippen LogP contribution in [0.1, 0.15) is 28.5 Å². The summed E-state index contributed by atoms with van der Waals surface area (Å²) < 4.78 is 1.58. The largest absolute Gasteiger partial charge is 0.382 e. The average Bonchev–Trinajstić information content (AvgIpc) is 2.67. The normalized spacial score (nSPS) is 12.8. The van der Waals surface area contributed by atoms with Crippen molar-refractivity contribution in [2.75, 3.05) is 0 Å². The van der Waals surface area contributed by atoms with Crippen LogP contribution in [0.4, 0.5) is 0 Å². The Bertz CT molecular complexity index is 505. The van der Waals surface area contributed by atoms with E-state index in [1.165, 1.54) is 11.1 Å². The van der Waals surface area contributed by atoms with E-state index in [-0.39, 0.29) is 0 Å². The van der Waals surface area contributed by atoms with Crippen LogP contribution in [0.3, 0.4) is 0 Å². The van der Waals surface area contributed by atoms with Gasteiger partial charge in [-0.25, -0.2) is 4.68 Å². The first-order valence-corrected chi connectivity index (χ1v) is 5.19. The lowest BCUT2D eigenvalue weighted by atomic mass is 10.0. The molecule has 0 fully saturated rings. The molecule has 0 aliphatic heterocycles. The molecule has 84 valence electrons. The number of nitrogens with zero attached hydrogens (tertiary/aromatic N) is 3. The fraction of sp³-hybridized carbons (Fsp3) is 0.333. The van der Waals surface area contributed by atoms with Gasteiger partial charge in [0.05, 0.1) is 11.9 Å². The van der Waals surface area contributed by atoms with Crippen molar-refractivity contribution < 1.29 is 5.11 Å². The standard InChI is InChI=1S/C12H15N3O/c1-8-4-5-10(6-9(8)2)12(16)11-7-13-14-15(11)3/h4-7,12,16H,1-3H3. The monoisotopic (exact) mass is 217 g/mol. The molecule has 1 atom stereocenters. The van der Waals surface area contributed by atoms with Crippen LogP contribution in [0, 0.1) is 13.8 Å². The van der Waals surface area contributed by atoms with Crippen LogP contribution in [0.5, 0.6) is 0 Å². The quantitative estimate of drug-likeness (QED) is 0.829. The molecule has 4 nitrogen and oxygen atoms in total. The summed E-state index contributed by atoms with van der Waals surface area (Å²) in [7, 11) is 1.77. The Balaban J connectivity index is 2.38. The lowest BCUT2D eigenvalue weighted by Gasteiger charge is -2.12. The maximum atomic E-state index is 10.2. The van der Waals surface area contributed by atoms with Gasteiger partial charge < -0.3 is 5.11 Å². The molecular weight excluding hydrogens is 202 g/mol. The highest BCUT2D eigenvalue weighted by Gasteiger charge is 2.14. The van der Waals surface area contributed by atoms with Gasteiger partial charge in [0, 0.05) is 7.05 Å². The Morgan fingerprint density at radius 2 is 2.00 bits per heavy atom. The Morgan fingerprint density at radius 3 is 2.56 bits per heavy atom. The predicted molar refractivity (Wildman–Crippen MR) is 61.0 cm³/mol. The smallest absolute Gasteiger partial charge is 0.122 e. The topological polar surface area (TPSA) is 50.9 Å². The molecule has 1 aromatic heterocycles. The van der Waals surface area contributed by atoms with E-state index in [0.717, 1.165) is 5.56 Å². The molecule has 0 aliphatic carbocycles. The van der Waals surface area contributed by atoms with Gasteiger partial charge in [-0.1, -0.05) is 23.4 Å². The summed E-state index contributed by atoms with van der Waals surface area (Å²) in [6.07, 6.45) is 0.916. The van der Waals surface area contributed by atoms with E-state index in [1.54, 1.807) is 17.9 Å². The predicted octanol–water partition coefficient (Wildman–Crippen LogP) is 1.51. The molecule has 0 saturated heterocycles. The van der Waals surface area contributed by atoms with Crippen LogP contribution in [-0.2, 0) is 7.05 Å². The van der Waals surface area contributed by atoms with Gasteiger partial charge in [-0.3, -0.25) is 0 Å². The van der Waals surface area contributed by atoms with E-state index in [4.69, 9.17) is 0 Å². The average molecular weight is 217 g/mol. The van der Waals surface area contributed by atoms with Crippen LogP contribution in [0.15, 0.2) is 24.4 Å². The fourth-order valence-corrected chi connectivity index (χ4v) is 1.65. The highest BCUT2D eigenvalue weighted by atomic mass is 16.3. The first-order valence-electron chi connectivity index (χ1n) is 5.19. The summed E-state index contributed by atoms with van der Waals surface area (Å²) in [5.74, 6) is 0. The number of aromatic nitrogens is 3. The summed E-state index contributed by atoms with van der Waals surface area (Å²) in [6.45, 7) is 4.09. The van der Waals surface area contributed by atoms with E-state index in [0.29, 0.717) is 5.69 Å². The lowest BCUT2D eigenvalue weighted by Crippen LogP contribution is -2.06. The number of aryl methyl sites for hydroxylation is 3. The van der Waals surface area contributed by atoms with Crippen molar-refractivity contribution in [1.29, 1.82) is 0 Å². The maximum absolute atomic E-state index is 10.2. The third-order valence-electron chi connectivity index (χ3n) is 2.88. The zero-order valence-electron chi connectivity index (χ0n) is 9.68. The molecule has 1 unspecified atom stereocenters. The van der Waals surface area contributed by atoms with Crippen LogP contribution >= 0.6 is 0 Å². The minimum absolute atomic E-state index is 0.667. The van der Waals surface area contributed by atoms with Gasteiger partial charge in [0.25, 0.3) is 0 Å². The van der Waals surface area contributed by atoms with Crippen molar-refractivity contribution in [3.05, 3.63) is 46.8 Å². The Hall–Kier alpha value is -1.68. The summed E-state index contributed by atoms with van der Waals surface area (Å²) in [4.78, 5) is 0. The molecule has 0 bridgehead atoms. The maximum Gasteiger partial charge on any atom is 0.122 e. The zero-order chi connectivity index (χ0) is 11.7. The van der Waals surface area contributed by atoms with Gasteiger partial charge in [0.2, 0.25) is 0 Å². The molecule has 0 spiro atoms. The third kappa shape index (κ3) is 1.84. The van der Waals surface area contributed by atoms with Crippen LogP contribution in [-0.4, -0.2) is 20.1 Å². The molecule has 2 aromatic rings. The summed E-state index contributed by atoms with van der Waals surface area (Å²) in [5.41, 5.74) is 3.96. The number of aliphatic hydroxyl groups excluding tert-OH is 1. The number of aliphatic hydroxyl groups is 1. The third-order valence-corrected chi connectivity index (χ3v) is 2.88. The Labute approximate surface area is 94.5 Å². The first kappa shape index (κ1) is 10.8. The Morgan fingerprint density at radius 1 is 1.25 bits per heavy atom. The number of benzene rings is 1. The van der Waals surface area contributed by atoms with Gasteiger partial charge in [0.1, 0.15) is 6.10 Å². The van der Waals surface area contributed by atoms with Gasteiger partial charge in [-0.2, -0.15) is 0 Å². The highest BCUT2D eigenvalue weighted by Crippen LogP contribution is 2.22. The molecule has 0 aliphatic rings. The van der Waals surface area contributed by atoms with Crippen molar-refractivity contribution in [3.63, 3.8) is 0 Å². The first-order chi connectivity index (χ1) is 7.59. The van der Waals surface area contributed by atoms with Crippen molar-refractivity contribution in [3.8, 4) is 0 Å². The Kier molecular flexibility index (Phi) is 2.75. The van der Waals surface area contributed by atoms with Crippen molar-refractivity contribution >= 4 is 0 Å². The number of rotatable bonds is 2. The van der Waals surface area contributed by atoms with E-state index >= 15 is 0 Å². The van der Waals surface area contributed by atoms with E-state index < -0.39 is 6.10 Å². The second kappa shape index (κ2) is 4.06. The molecule has 16 heavy (non-hydrogen) atoms. The van der Waals surface area contributed by atoms with Gasteiger partial charge in [0.15, 0.2) is 0 Å². The molecule has 1 N–H and O–H groups in total. The molecule has 1 heterocycles. The number of hydrogen-bond donors (Lipinski definition) is 1.